The number of thiophene rings is 1. The molecule has 0 spiro atoms. The second kappa shape index (κ2) is 9.43. The first-order chi connectivity index (χ1) is 8.36. The molecule has 1 aromatic rings. The summed E-state index contributed by atoms with van der Waals surface area (Å²) in [6.07, 6.45) is 9.41. The monoisotopic (exact) mass is 251 g/mol. The summed E-state index contributed by atoms with van der Waals surface area (Å²) >= 11 is 1.87. The second-order valence-electron chi connectivity index (χ2n) is 4.49. The molecule has 0 bridgehead atoms. The van der Waals surface area contributed by atoms with Crippen molar-refractivity contribution in [2.24, 2.45) is 0 Å². The van der Waals surface area contributed by atoms with E-state index in [4.69, 9.17) is 0 Å². The van der Waals surface area contributed by atoms with Crippen LogP contribution in [-0.4, -0.2) is 12.6 Å². The second-order valence-corrected chi connectivity index (χ2v) is 5.52. The van der Waals surface area contributed by atoms with Crippen LogP contribution in [0.4, 0.5) is 0 Å². The number of hydrogen-bond acceptors (Lipinski definition) is 2. The molecule has 0 aliphatic carbocycles. The molecule has 0 fully saturated rings. The van der Waals surface area contributed by atoms with E-state index >= 15 is 0 Å². The summed E-state index contributed by atoms with van der Waals surface area (Å²) in [7, 11) is 0. The molecule has 0 amide bonds. The van der Waals surface area contributed by atoms with Gasteiger partial charge in [-0.25, -0.2) is 0 Å². The molecular weight excluding hydrogens is 226 g/mol. The Labute approximate surface area is 110 Å². The smallest absolute Gasteiger partial charge is 0.00701 e. The van der Waals surface area contributed by atoms with Gasteiger partial charge in [0.25, 0.3) is 0 Å². The fraction of sp³-hybridized carbons (Fsp3) is 0.600. The van der Waals surface area contributed by atoms with Crippen LogP contribution in [-0.2, 0) is 6.42 Å². The van der Waals surface area contributed by atoms with Crippen LogP contribution in [0.1, 0.15) is 43.9 Å². The zero-order valence-corrected chi connectivity index (χ0v) is 11.8. The molecule has 1 rings (SSSR count). The van der Waals surface area contributed by atoms with E-state index in [0.717, 1.165) is 13.0 Å². The molecule has 1 nitrogen and oxygen atoms in total. The first kappa shape index (κ1) is 14.5. The maximum Gasteiger partial charge on any atom is 0.00701 e. The Hall–Kier alpha value is -0.600. The van der Waals surface area contributed by atoms with Crippen LogP contribution in [0.25, 0.3) is 0 Å². The third-order valence-electron chi connectivity index (χ3n) is 2.96. The van der Waals surface area contributed by atoms with Gasteiger partial charge in [-0.3, -0.25) is 0 Å². The molecule has 17 heavy (non-hydrogen) atoms. The minimum atomic E-state index is 0.674. The van der Waals surface area contributed by atoms with Crippen LogP contribution in [0.3, 0.4) is 0 Å². The lowest BCUT2D eigenvalue weighted by Crippen LogP contribution is -2.29. The third kappa shape index (κ3) is 6.64. The van der Waals surface area contributed by atoms with Crippen molar-refractivity contribution in [1.82, 2.24) is 5.32 Å². The Morgan fingerprint density at radius 1 is 1.47 bits per heavy atom. The molecule has 2 heteroatoms. The quantitative estimate of drug-likeness (QED) is 0.608. The zero-order chi connectivity index (χ0) is 12.3. The highest BCUT2D eigenvalue weighted by atomic mass is 32.1. The predicted octanol–water partition coefficient (Wildman–Crippen LogP) is 4.41. The summed E-state index contributed by atoms with van der Waals surface area (Å²) in [4.78, 5) is 1.52. The van der Waals surface area contributed by atoms with Crippen LogP contribution in [0, 0.1) is 0 Å². The molecule has 0 saturated heterocycles. The summed E-state index contributed by atoms with van der Waals surface area (Å²) in [6, 6.07) is 5.06. The van der Waals surface area contributed by atoms with E-state index in [1.807, 2.05) is 17.4 Å². The minimum Gasteiger partial charge on any atom is -0.314 e. The van der Waals surface area contributed by atoms with Crippen LogP contribution in [0.2, 0.25) is 0 Å². The Bertz CT molecular complexity index is 279. The van der Waals surface area contributed by atoms with Gasteiger partial charge in [0.1, 0.15) is 0 Å². The molecule has 1 unspecified atom stereocenters. The fourth-order valence-corrected chi connectivity index (χ4v) is 2.74. The Morgan fingerprint density at radius 2 is 2.35 bits per heavy atom. The minimum absolute atomic E-state index is 0.674. The molecule has 1 heterocycles. The standard InChI is InChI=1S/C15H25NS/c1-3-5-8-14(16-12-4-2)9-6-10-15-11-7-13-17-15/h3,7,11,13-14,16H,1,4-6,8-10,12H2,2H3. The number of nitrogens with one attached hydrogen (secondary N) is 1. The van der Waals surface area contributed by atoms with Gasteiger partial charge in [-0.1, -0.05) is 19.1 Å². The highest BCUT2D eigenvalue weighted by molar-refractivity contribution is 7.09. The van der Waals surface area contributed by atoms with E-state index < -0.39 is 0 Å². The lowest BCUT2D eigenvalue weighted by Gasteiger charge is -2.17. The average Bonchev–Trinajstić information content (AvgIpc) is 2.85. The first-order valence-electron chi connectivity index (χ1n) is 6.73. The highest BCUT2D eigenvalue weighted by Gasteiger charge is 2.06. The molecule has 96 valence electrons. The normalized spacial score (nSPS) is 12.5. The fourth-order valence-electron chi connectivity index (χ4n) is 1.99. The molecule has 1 N–H and O–H groups in total. The van der Waals surface area contributed by atoms with E-state index in [1.54, 1.807) is 0 Å². The lowest BCUT2D eigenvalue weighted by molar-refractivity contribution is 0.445. The highest BCUT2D eigenvalue weighted by Crippen LogP contribution is 2.14. The predicted molar refractivity (Wildman–Crippen MR) is 78.8 cm³/mol. The number of allylic oxidation sites excluding steroid dienone is 1. The van der Waals surface area contributed by atoms with Crippen LogP contribution in [0.15, 0.2) is 30.2 Å². The van der Waals surface area contributed by atoms with E-state index in [9.17, 15) is 0 Å². The maximum absolute atomic E-state index is 3.81. The van der Waals surface area contributed by atoms with Crippen LogP contribution in [0.5, 0.6) is 0 Å². The number of aryl methyl sites for hydroxylation is 1. The molecule has 1 aromatic heterocycles. The van der Waals surface area contributed by atoms with Gasteiger partial charge >= 0.3 is 0 Å². The van der Waals surface area contributed by atoms with Crippen molar-refractivity contribution in [3.63, 3.8) is 0 Å². The molecule has 0 aromatic carbocycles. The maximum atomic E-state index is 3.81. The summed E-state index contributed by atoms with van der Waals surface area (Å²) in [5.41, 5.74) is 0. The van der Waals surface area contributed by atoms with Crippen molar-refractivity contribution >= 4 is 11.3 Å². The summed E-state index contributed by atoms with van der Waals surface area (Å²) in [5, 5.41) is 5.81. The lowest BCUT2D eigenvalue weighted by atomic mass is 10.0. The van der Waals surface area contributed by atoms with Crippen molar-refractivity contribution in [2.75, 3.05) is 6.54 Å². The first-order valence-corrected chi connectivity index (χ1v) is 7.61. The summed E-state index contributed by atoms with van der Waals surface area (Å²) < 4.78 is 0. The van der Waals surface area contributed by atoms with E-state index in [1.165, 1.54) is 37.0 Å². The SMILES string of the molecule is C=CCCC(CCCc1cccs1)NCCC. The topological polar surface area (TPSA) is 12.0 Å². The van der Waals surface area contributed by atoms with Crippen LogP contribution < -0.4 is 5.32 Å². The van der Waals surface area contributed by atoms with Gasteiger partial charge in [0.05, 0.1) is 0 Å². The number of rotatable bonds is 10. The zero-order valence-electron chi connectivity index (χ0n) is 11.0. The summed E-state index contributed by atoms with van der Waals surface area (Å²) in [6.45, 7) is 7.17. The Balaban J connectivity index is 2.19. The van der Waals surface area contributed by atoms with Crippen molar-refractivity contribution in [2.45, 2.75) is 51.5 Å². The average molecular weight is 251 g/mol. The third-order valence-corrected chi connectivity index (χ3v) is 3.89. The van der Waals surface area contributed by atoms with Gasteiger partial charge in [-0.2, -0.15) is 0 Å². The van der Waals surface area contributed by atoms with E-state index in [0.29, 0.717) is 6.04 Å². The molecular formula is C15H25NS. The Kier molecular flexibility index (Phi) is 8.02. The van der Waals surface area contributed by atoms with Gasteiger partial charge < -0.3 is 5.32 Å². The van der Waals surface area contributed by atoms with Crippen molar-refractivity contribution in [3.8, 4) is 0 Å². The van der Waals surface area contributed by atoms with Crippen molar-refractivity contribution in [1.29, 1.82) is 0 Å². The molecule has 0 saturated carbocycles. The van der Waals surface area contributed by atoms with Gasteiger partial charge in [0.15, 0.2) is 0 Å². The molecule has 0 aliphatic rings. The van der Waals surface area contributed by atoms with E-state index in [-0.39, 0.29) is 0 Å². The number of hydrogen-bond donors (Lipinski definition) is 1. The Morgan fingerprint density at radius 3 is 3.00 bits per heavy atom. The van der Waals surface area contributed by atoms with Gasteiger partial charge in [0, 0.05) is 10.9 Å². The van der Waals surface area contributed by atoms with Crippen molar-refractivity contribution < 1.29 is 0 Å². The largest absolute Gasteiger partial charge is 0.314 e. The van der Waals surface area contributed by atoms with Crippen LogP contribution >= 0.6 is 11.3 Å². The van der Waals surface area contributed by atoms with Crippen molar-refractivity contribution in [3.05, 3.63) is 35.0 Å². The summed E-state index contributed by atoms with van der Waals surface area (Å²) in [5.74, 6) is 0. The molecule has 0 radical (unpaired) electrons. The van der Waals surface area contributed by atoms with E-state index in [2.05, 4.69) is 36.3 Å². The van der Waals surface area contributed by atoms with Gasteiger partial charge in [-0.05, 0) is 56.5 Å². The van der Waals surface area contributed by atoms with Gasteiger partial charge in [-0.15, -0.1) is 17.9 Å². The van der Waals surface area contributed by atoms with Gasteiger partial charge in [0.2, 0.25) is 0 Å². The molecule has 1 atom stereocenters. The molecule has 0 aliphatic heterocycles.